The maximum Gasteiger partial charge on any atom is 0.393 e. The van der Waals surface area contributed by atoms with Gasteiger partial charge in [0.15, 0.2) is 0 Å². The van der Waals surface area contributed by atoms with E-state index in [0.717, 1.165) is 11.1 Å². The van der Waals surface area contributed by atoms with E-state index in [4.69, 9.17) is 0 Å². The number of amides is 3. The second kappa shape index (κ2) is 7.99. The molecule has 0 bridgehead atoms. The molecule has 2 saturated heterocycles. The van der Waals surface area contributed by atoms with Gasteiger partial charge in [-0.15, -0.1) is 0 Å². The van der Waals surface area contributed by atoms with E-state index in [-0.39, 0.29) is 31.3 Å². The summed E-state index contributed by atoms with van der Waals surface area (Å²) in [6, 6.07) is 4.70. The number of carbonyl (C=O) groups excluding carboxylic acids is 3. The van der Waals surface area contributed by atoms with E-state index < -0.39 is 30.0 Å². The van der Waals surface area contributed by atoms with Crippen molar-refractivity contribution in [1.29, 1.82) is 0 Å². The van der Waals surface area contributed by atoms with Gasteiger partial charge in [0.25, 0.3) is 5.91 Å². The first-order chi connectivity index (χ1) is 14.2. The van der Waals surface area contributed by atoms with Crippen LogP contribution >= 0.6 is 0 Å². The fourth-order valence-electron chi connectivity index (χ4n) is 4.44. The molecule has 3 heterocycles. The molecule has 4 rings (SSSR count). The smallest absolute Gasteiger partial charge is 0.322 e. The number of fused-ring (bicyclic) bond motifs is 1. The highest BCUT2D eigenvalue weighted by atomic mass is 19.4. The van der Waals surface area contributed by atoms with Crippen molar-refractivity contribution in [1.82, 2.24) is 20.9 Å². The molecular formula is C20H23F3N4O3. The fourth-order valence-corrected chi connectivity index (χ4v) is 4.44. The molecule has 3 aliphatic rings. The van der Waals surface area contributed by atoms with Crippen molar-refractivity contribution in [3.63, 3.8) is 0 Å². The SMILES string of the molecule is O=C1CCC(N2Cc3ccc(CNC[C@@H]4CNC[C@H]4C(F)(F)F)cc3C2=O)C(=O)N1. The molecule has 3 aliphatic heterocycles. The Kier molecular flexibility index (Phi) is 5.54. The molecule has 7 nitrogen and oxygen atoms in total. The summed E-state index contributed by atoms with van der Waals surface area (Å²) in [4.78, 5) is 37.7. The topological polar surface area (TPSA) is 90.5 Å². The maximum atomic E-state index is 13.0. The molecule has 3 atom stereocenters. The van der Waals surface area contributed by atoms with Gasteiger partial charge in [-0.05, 0) is 36.1 Å². The lowest BCUT2D eigenvalue weighted by Gasteiger charge is -2.29. The number of imide groups is 1. The second-order valence-corrected chi connectivity index (χ2v) is 8.09. The zero-order chi connectivity index (χ0) is 21.5. The third kappa shape index (κ3) is 4.06. The van der Waals surface area contributed by atoms with Crippen LogP contribution in [0.5, 0.6) is 0 Å². The van der Waals surface area contributed by atoms with Crippen molar-refractivity contribution >= 4 is 17.7 Å². The third-order valence-electron chi connectivity index (χ3n) is 6.09. The molecule has 0 spiro atoms. The quantitative estimate of drug-likeness (QED) is 0.612. The van der Waals surface area contributed by atoms with Crippen molar-refractivity contribution in [2.24, 2.45) is 11.8 Å². The van der Waals surface area contributed by atoms with E-state index in [1.165, 1.54) is 4.90 Å². The number of nitrogens with one attached hydrogen (secondary N) is 3. The number of piperidine rings is 1. The summed E-state index contributed by atoms with van der Waals surface area (Å²) in [5.41, 5.74) is 2.09. The van der Waals surface area contributed by atoms with Crippen LogP contribution in [0, 0.1) is 11.8 Å². The molecule has 0 aromatic heterocycles. The monoisotopic (exact) mass is 424 g/mol. The summed E-state index contributed by atoms with van der Waals surface area (Å²) in [5, 5.41) is 8.13. The number of carbonyl (C=O) groups is 3. The van der Waals surface area contributed by atoms with Crippen LogP contribution in [-0.2, 0) is 22.7 Å². The minimum absolute atomic E-state index is 0.0562. The van der Waals surface area contributed by atoms with Crippen LogP contribution in [0.4, 0.5) is 13.2 Å². The molecule has 0 saturated carbocycles. The molecule has 3 N–H and O–H groups in total. The highest BCUT2D eigenvalue weighted by Crippen LogP contribution is 2.34. The van der Waals surface area contributed by atoms with Crippen LogP contribution in [0.1, 0.15) is 34.3 Å². The lowest BCUT2D eigenvalue weighted by Crippen LogP contribution is -2.52. The van der Waals surface area contributed by atoms with Gasteiger partial charge in [0.05, 0.1) is 5.92 Å². The summed E-state index contributed by atoms with van der Waals surface area (Å²) in [6.07, 6.45) is -3.72. The second-order valence-electron chi connectivity index (χ2n) is 8.09. The predicted molar refractivity (Wildman–Crippen MR) is 100 cm³/mol. The summed E-state index contributed by atoms with van der Waals surface area (Å²) < 4.78 is 39.1. The van der Waals surface area contributed by atoms with Crippen LogP contribution in [-0.4, -0.2) is 54.5 Å². The Bertz CT molecular complexity index is 873. The molecule has 0 aliphatic carbocycles. The van der Waals surface area contributed by atoms with Gasteiger partial charge in [0.1, 0.15) is 6.04 Å². The van der Waals surface area contributed by atoms with Gasteiger partial charge in [-0.1, -0.05) is 12.1 Å². The van der Waals surface area contributed by atoms with Gasteiger partial charge >= 0.3 is 6.18 Å². The van der Waals surface area contributed by atoms with E-state index in [0.29, 0.717) is 31.6 Å². The van der Waals surface area contributed by atoms with Crippen LogP contribution in [0.2, 0.25) is 0 Å². The molecule has 10 heteroatoms. The lowest BCUT2D eigenvalue weighted by molar-refractivity contribution is -0.178. The van der Waals surface area contributed by atoms with E-state index >= 15 is 0 Å². The zero-order valence-corrected chi connectivity index (χ0v) is 16.2. The van der Waals surface area contributed by atoms with Crippen molar-refractivity contribution < 1.29 is 27.6 Å². The normalized spacial score (nSPS) is 26.8. The number of nitrogens with zero attached hydrogens (tertiary/aromatic N) is 1. The lowest BCUT2D eigenvalue weighted by atomic mass is 9.95. The summed E-state index contributed by atoms with van der Waals surface area (Å²) in [7, 11) is 0. The molecule has 30 heavy (non-hydrogen) atoms. The molecule has 0 radical (unpaired) electrons. The molecule has 1 aromatic carbocycles. The molecule has 2 fully saturated rings. The number of alkyl halides is 3. The Morgan fingerprint density at radius 3 is 2.70 bits per heavy atom. The van der Waals surface area contributed by atoms with Crippen molar-refractivity contribution in [3.8, 4) is 0 Å². The summed E-state index contributed by atoms with van der Waals surface area (Å²) >= 11 is 0. The standard InChI is InChI=1S/C20H23F3N4O3/c21-20(22,23)15-9-25-8-13(15)7-24-6-11-1-2-12-10-27(19(30)14(12)5-11)16-3-4-17(28)26-18(16)29/h1-2,5,13,15-16,24-25H,3-4,6-10H2,(H,26,28,29)/t13-,15-,16?/m1/s1. The van der Waals surface area contributed by atoms with Gasteiger partial charge in [-0.25, -0.2) is 0 Å². The Labute approximate surface area is 171 Å². The minimum atomic E-state index is -4.21. The maximum absolute atomic E-state index is 13.0. The number of hydrogen-bond donors (Lipinski definition) is 3. The predicted octanol–water partition coefficient (Wildman–Crippen LogP) is 0.935. The Balaban J connectivity index is 1.37. The average molecular weight is 424 g/mol. The van der Waals surface area contributed by atoms with E-state index in [2.05, 4.69) is 16.0 Å². The van der Waals surface area contributed by atoms with Crippen molar-refractivity contribution in [2.75, 3.05) is 19.6 Å². The summed E-state index contributed by atoms with van der Waals surface area (Å²) in [5.74, 6) is -2.94. The van der Waals surface area contributed by atoms with E-state index in [9.17, 15) is 27.6 Å². The van der Waals surface area contributed by atoms with Gasteiger partial charge < -0.3 is 15.5 Å². The fraction of sp³-hybridized carbons (Fsp3) is 0.550. The number of benzene rings is 1. The first kappa shape index (κ1) is 20.8. The highest BCUT2D eigenvalue weighted by molar-refractivity contribution is 6.05. The number of rotatable bonds is 5. The van der Waals surface area contributed by atoms with Crippen LogP contribution in [0.25, 0.3) is 0 Å². The Hall–Kier alpha value is -2.46. The average Bonchev–Trinajstić information content (AvgIpc) is 3.27. The van der Waals surface area contributed by atoms with Gasteiger partial charge in [0.2, 0.25) is 11.8 Å². The third-order valence-corrected chi connectivity index (χ3v) is 6.09. The van der Waals surface area contributed by atoms with Gasteiger partial charge in [0, 0.05) is 38.2 Å². The molecule has 3 amide bonds. The number of halogens is 3. The van der Waals surface area contributed by atoms with Crippen LogP contribution in [0.15, 0.2) is 18.2 Å². The van der Waals surface area contributed by atoms with Crippen molar-refractivity contribution in [2.45, 2.75) is 38.1 Å². The zero-order valence-electron chi connectivity index (χ0n) is 16.2. The number of hydrogen-bond acceptors (Lipinski definition) is 5. The van der Waals surface area contributed by atoms with E-state index in [1.54, 1.807) is 6.07 Å². The van der Waals surface area contributed by atoms with E-state index in [1.807, 2.05) is 12.1 Å². The minimum Gasteiger partial charge on any atom is -0.322 e. The van der Waals surface area contributed by atoms with Gasteiger partial charge in [-0.3, -0.25) is 19.7 Å². The molecular weight excluding hydrogens is 401 g/mol. The first-order valence-corrected chi connectivity index (χ1v) is 9.98. The molecule has 1 unspecified atom stereocenters. The van der Waals surface area contributed by atoms with Crippen LogP contribution < -0.4 is 16.0 Å². The summed E-state index contributed by atoms with van der Waals surface area (Å²) in [6.45, 7) is 1.14. The molecule has 162 valence electrons. The highest BCUT2D eigenvalue weighted by Gasteiger charge is 2.46. The Morgan fingerprint density at radius 2 is 1.97 bits per heavy atom. The van der Waals surface area contributed by atoms with Crippen LogP contribution in [0.3, 0.4) is 0 Å². The van der Waals surface area contributed by atoms with Gasteiger partial charge in [-0.2, -0.15) is 13.2 Å². The molecule has 1 aromatic rings. The Morgan fingerprint density at radius 1 is 1.17 bits per heavy atom. The van der Waals surface area contributed by atoms with Crippen molar-refractivity contribution in [3.05, 3.63) is 34.9 Å². The largest absolute Gasteiger partial charge is 0.393 e. The first-order valence-electron chi connectivity index (χ1n) is 9.98.